The topological polar surface area (TPSA) is 91.6 Å². The first-order valence-electron chi connectivity index (χ1n) is 6.01. The van der Waals surface area contributed by atoms with Crippen molar-refractivity contribution >= 4 is 27.7 Å². The molecule has 7 heteroatoms. The minimum atomic E-state index is -0.550. The van der Waals surface area contributed by atoms with Crippen LogP contribution in [0.25, 0.3) is 0 Å². The zero-order chi connectivity index (χ0) is 14.3. The Labute approximate surface area is 119 Å². The summed E-state index contributed by atoms with van der Waals surface area (Å²) in [6.07, 6.45) is 0.930. The Bertz CT molecular complexity index is 433. The molecule has 3 N–H and O–H groups in total. The Hall–Kier alpha value is -1.34. The Morgan fingerprint density at radius 1 is 1.42 bits per heavy atom. The molecule has 0 aliphatic carbocycles. The van der Waals surface area contributed by atoms with Crippen molar-refractivity contribution in [1.82, 2.24) is 10.6 Å². The van der Waals surface area contributed by atoms with E-state index in [2.05, 4.69) is 26.6 Å². The van der Waals surface area contributed by atoms with Crippen molar-refractivity contribution in [3.63, 3.8) is 0 Å². The molecule has 19 heavy (non-hydrogen) atoms. The molecule has 106 valence electrons. The molecule has 0 radical (unpaired) electrons. The lowest BCUT2D eigenvalue weighted by atomic mass is 10.2. The van der Waals surface area contributed by atoms with Crippen LogP contribution in [0.15, 0.2) is 21.2 Å². The quantitative estimate of drug-likeness (QED) is 0.696. The second-order valence-electron chi connectivity index (χ2n) is 4.03. The van der Waals surface area contributed by atoms with E-state index in [1.165, 1.54) is 6.07 Å². The number of aliphatic hydroxyl groups excluding tert-OH is 1. The Morgan fingerprint density at radius 3 is 2.74 bits per heavy atom. The predicted octanol–water partition coefficient (Wildman–Crippen LogP) is 1.05. The molecule has 1 aromatic heterocycles. The van der Waals surface area contributed by atoms with Gasteiger partial charge in [-0.25, -0.2) is 0 Å². The van der Waals surface area contributed by atoms with Crippen LogP contribution in [0.4, 0.5) is 0 Å². The van der Waals surface area contributed by atoms with Gasteiger partial charge in [-0.05, 0) is 34.5 Å². The SMILES string of the molecule is CCCC(O)CNC(=O)CNC(=O)c1ccc(Br)o1. The summed E-state index contributed by atoms with van der Waals surface area (Å²) in [6, 6.07) is 3.10. The number of carbonyl (C=O) groups is 2. The van der Waals surface area contributed by atoms with Gasteiger partial charge < -0.3 is 20.2 Å². The molecule has 0 bridgehead atoms. The fourth-order valence-corrected chi connectivity index (χ4v) is 1.72. The Kier molecular flexibility index (Phi) is 6.58. The van der Waals surface area contributed by atoms with Gasteiger partial charge in [-0.15, -0.1) is 0 Å². The van der Waals surface area contributed by atoms with Crippen molar-refractivity contribution in [3.05, 3.63) is 22.6 Å². The number of furan rings is 1. The number of aliphatic hydroxyl groups is 1. The maximum atomic E-state index is 11.5. The van der Waals surface area contributed by atoms with Crippen molar-refractivity contribution in [2.24, 2.45) is 0 Å². The third-order valence-corrected chi connectivity index (χ3v) is 2.79. The molecule has 0 aromatic carbocycles. The second kappa shape index (κ2) is 7.96. The molecule has 0 fully saturated rings. The minimum Gasteiger partial charge on any atom is -0.444 e. The van der Waals surface area contributed by atoms with Crippen LogP contribution in [0, 0.1) is 0 Å². The number of amides is 2. The van der Waals surface area contributed by atoms with Gasteiger partial charge in [0.2, 0.25) is 5.91 Å². The molecule has 2 amide bonds. The molecule has 0 aliphatic heterocycles. The number of rotatable bonds is 7. The first-order valence-corrected chi connectivity index (χ1v) is 6.80. The van der Waals surface area contributed by atoms with E-state index in [4.69, 9.17) is 4.42 Å². The van der Waals surface area contributed by atoms with E-state index in [1.807, 2.05) is 6.92 Å². The molecule has 6 nitrogen and oxygen atoms in total. The molecule has 0 aliphatic rings. The molecular weight excluding hydrogens is 316 g/mol. The van der Waals surface area contributed by atoms with Crippen molar-refractivity contribution in [1.29, 1.82) is 0 Å². The molecule has 1 aromatic rings. The van der Waals surface area contributed by atoms with E-state index >= 15 is 0 Å². The van der Waals surface area contributed by atoms with Crippen molar-refractivity contribution in [2.75, 3.05) is 13.1 Å². The summed E-state index contributed by atoms with van der Waals surface area (Å²) in [6.45, 7) is 1.98. The summed E-state index contributed by atoms with van der Waals surface area (Å²) in [5.74, 6) is -0.685. The normalized spacial score (nSPS) is 11.9. The summed E-state index contributed by atoms with van der Waals surface area (Å²) in [5, 5.41) is 14.4. The lowest BCUT2D eigenvalue weighted by Gasteiger charge is -2.10. The number of hydrogen-bond acceptors (Lipinski definition) is 4. The van der Waals surface area contributed by atoms with Gasteiger partial charge in [0.15, 0.2) is 10.4 Å². The monoisotopic (exact) mass is 332 g/mol. The summed E-state index contributed by atoms with van der Waals surface area (Å²) in [4.78, 5) is 23.0. The third kappa shape index (κ3) is 5.89. The van der Waals surface area contributed by atoms with E-state index in [9.17, 15) is 14.7 Å². The predicted molar refractivity (Wildman–Crippen MR) is 72.7 cm³/mol. The van der Waals surface area contributed by atoms with Crippen molar-refractivity contribution in [3.8, 4) is 0 Å². The summed E-state index contributed by atoms with van der Waals surface area (Å²) >= 11 is 3.08. The van der Waals surface area contributed by atoms with Crippen LogP contribution >= 0.6 is 15.9 Å². The highest BCUT2D eigenvalue weighted by molar-refractivity contribution is 9.10. The molecule has 1 atom stereocenters. The number of nitrogens with one attached hydrogen (secondary N) is 2. The average molecular weight is 333 g/mol. The summed E-state index contributed by atoms with van der Waals surface area (Å²) in [5.41, 5.74) is 0. The lowest BCUT2D eigenvalue weighted by molar-refractivity contribution is -0.120. The molecule has 0 saturated carbocycles. The van der Waals surface area contributed by atoms with E-state index in [0.29, 0.717) is 11.1 Å². The highest BCUT2D eigenvalue weighted by Gasteiger charge is 2.12. The van der Waals surface area contributed by atoms with Gasteiger partial charge in [0.1, 0.15) is 0 Å². The third-order valence-electron chi connectivity index (χ3n) is 2.36. The van der Waals surface area contributed by atoms with Gasteiger partial charge >= 0.3 is 0 Å². The van der Waals surface area contributed by atoms with Gasteiger partial charge in [0, 0.05) is 6.54 Å². The van der Waals surface area contributed by atoms with E-state index in [-0.39, 0.29) is 24.8 Å². The van der Waals surface area contributed by atoms with Crippen LogP contribution in [-0.4, -0.2) is 36.1 Å². The van der Waals surface area contributed by atoms with Crippen molar-refractivity contribution in [2.45, 2.75) is 25.9 Å². The van der Waals surface area contributed by atoms with Gasteiger partial charge in [-0.2, -0.15) is 0 Å². The van der Waals surface area contributed by atoms with Crippen molar-refractivity contribution < 1.29 is 19.1 Å². The zero-order valence-corrected chi connectivity index (χ0v) is 12.2. The van der Waals surface area contributed by atoms with Crippen LogP contribution in [0.2, 0.25) is 0 Å². The summed E-state index contributed by atoms with van der Waals surface area (Å²) < 4.78 is 5.49. The second-order valence-corrected chi connectivity index (χ2v) is 4.81. The molecule has 1 heterocycles. The van der Waals surface area contributed by atoms with Crippen LogP contribution in [0.1, 0.15) is 30.3 Å². The average Bonchev–Trinajstić information content (AvgIpc) is 2.80. The molecule has 0 saturated heterocycles. The fraction of sp³-hybridized carbons (Fsp3) is 0.500. The van der Waals surface area contributed by atoms with Crippen LogP contribution < -0.4 is 10.6 Å². The smallest absolute Gasteiger partial charge is 0.287 e. The highest BCUT2D eigenvalue weighted by Crippen LogP contribution is 2.13. The first-order chi connectivity index (χ1) is 9.02. The zero-order valence-electron chi connectivity index (χ0n) is 10.6. The van der Waals surface area contributed by atoms with Crippen LogP contribution in [-0.2, 0) is 4.79 Å². The molecule has 1 rings (SSSR count). The number of carbonyl (C=O) groups excluding carboxylic acids is 2. The minimum absolute atomic E-state index is 0.130. The van der Waals surface area contributed by atoms with E-state index in [1.54, 1.807) is 6.07 Å². The summed E-state index contributed by atoms with van der Waals surface area (Å²) in [7, 11) is 0. The van der Waals surface area contributed by atoms with E-state index < -0.39 is 12.0 Å². The fourth-order valence-electron chi connectivity index (χ4n) is 1.41. The van der Waals surface area contributed by atoms with Crippen LogP contribution in [0.5, 0.6) is 0 Å². The maximum Gasteiger partial charge on any atom is 0.287 e. The van der Waals surface area contributed by atoms with Gasteiger partial charge in [0.05, 0.1) is 12.6 Å². The number of halogens is 1. The highest BCUT2D eigenvalue weighted by atomic mass is 79.9. The standard InChI is InChI=1S/C12H17BrN2O4/c1-2-3-8(16)6-14-11(17)7-15-12(18)9-4-5-10(13)19-9/h4-5,8,16H,2-3,6-7H2,1H3,(H,14,17)(H,15,18). The number of hydrogen-bond donors (Lipinski definition) is 3. The van der Waals surface area contributed by atoms with Gasteiger partial charge in [-0.3, -0.25) is 9.59 Å². The first kappa shape index (κ1) is 15.7. The lowest BCUT2D eigenvalue weighted by Crippen LogP contribution is -2.39. The van der Waals surface area contributed by atoms with Crippen LogP contribution in [0.3, 0.4) is 0 Å². The molecule has 1 unspecified atom stereocenters. The molecule has 0 spiro atoms. The maximum absolute atomic E-state index is 11.5. The van der Waals surface area contributed by atoms with Gasteiger partial charge in [-0.1, -0.05) is 13.3 Å². The van der Waals surface area contributed by atoms with Gasteiger partial charge in [0.25, 0.3) is 5.91 Å². The Balaban J connectivity index is 2.25. The largest absolute Gasteiger partial charge is 0.444 e. The Morgan fingerprint density at radius 2 is 2.16 bits per heavy atom. The molecular formula is C12H17BrN2O4. The van der Waals surface area contributed by atoms with E-state index in [0.717, 1.165) is 6.42 Å².